The summed E-state index contributed by atoms with van der Waals surface area (Å²) in [6.45, 7) is 0. The minimum atomic E-state index is -0.744. The number of aromatic amines is 1. The van der Waals surface area contributed by atoms with Gasteiger partial charge < -0.3 is 10.1 Å². The second kappa shape index (κ2) is 9.30. The Balaban J connectivity index is 1.62. The van der Waals surface area contributed by atoms with Gasteiger partial charge in [0, 0.05) is 5.02 Å². The van der Waals surface area contributed by atoms with Crippen LogP contribution >= 0.6 is 23.4 Å². The van der Waals surface area contributed by atoms with Crippen molar-refractivity contribution < 1.29 is 9.53 Å². The number of carbonyl (C=O) groups excluding carboxylic acids is 1. The van der Waals surface area contributed by atoms with E-state index in [4.69, 9.17) is 16.3 Å². The Hall–Kier alpha value is -2.24. The lowest BCUT2D eigenvalue weighted by molar-refractivity contribution is -0.120. The number of methoxy groups -OCH3 is 1. The number of rotatable bonds is 6. The van der Waals surface area contributed by atoms with Gasteiger partial charge in [-0.15, -0.1) is 5.10 Å². The van der Waals surface area contributed by atoms with Crippen LogP contribution < -0.4 is 10.1 Å². The maximum atomic E-state index is 12.4. The molecule has 28 heavy (non-hydrogen) atoms. The Labute approximate surface area is 173 Å². The summed E-state index contributed by atoms with van der Waals surface area (Å²) in [5.74, 6) is 1.10. The normalized spacial score (nSPS) is 16.0. The van der Waals surface area contributed by atoms with Crippen LogP contribution in [-0.4, -0.2) is 39.5 Å². The summed E-state index contributed by atoms with van der Waals surface area (Å²) in [4.78, 5) is 16.8. The molecule has 1 aliphatic rings. The Morgan fingerprint density at radius 1 is 1.39 bits per heavy atom. The van der Waals surface area contributed by atoms with Crippen LogP contribution in [-0.2, 0) is 4.79 Å². The number of ether oxygens (including phenoxy) is 1. The van der Waals surface area contributed by atoms with Crippen molar-refractivity contribution in [3.8, 4) is 23.2 Å². The maximum Gasteiger partial charge on any atom is 0.231 e. The van der Waals surface area contributed by atoms with E-state index in [1.807, 2.05) is 0 Å². The molecule has 2 N–H and O–H groups in total. The van der Waals surface area contributed by atoms with Crippen LogP contribution in [0.2, 0.25) is 5.02 Å². The van der Waals surface area contributed by atoms with E-state index in [1.54, 1.807) is 25.3 Å². The Kier molecular flexibility index (Phi) is 6.81. The van der Waals surface area contributed by atoms with Crippen molar-refractivity contribution in [3.63, 3.8) is 0 Å². The van der Waals surface area contributed by atoms with E-state index in [2.05, 4.69) is 26.6 Å². The molecule has 0 saturated heterocycles. The van der Waals surface area contributed by atoms with Crippen LogP contribution in [0.3, 0.4) is 0 Å². The van der Waals surface area contributed by atoms with E-state index < -0.39 is 5.54 Å². The summed E-state index contributed by atoms with van der Waals surface area (Å²) in [5, 5.41) is 20.5. The fraction of sp³-hybridized carbons (Fsp3) is 0.474. The number of carbonyl (C=O) groups is 1. The topological polar surface area (TPSA) is 104 Å². The van der Waals surface area contributed by atoms with Crippen molar-refractivity contribution in [2.45, 2.75) is 49.2 Å². The fourth-order valence-corrected chi connectivity index (χ4v) is 4.10. The van der Waals surface area contributed by atoms with E-state index in [0.717, 1.165) is 25.7 Å². The van der Waals surface area contributed by atoms with Crippen molar-refractivity contribution >= 4 is 29.3 Å². The lowest BCUT2D eigenvalue weighted by atomic mass is 9.92. The van der Waals surface area contributed by atoms with Gasteiger partial charge in [0.05, 0.1) is 24.5 Å². The predicted molar refractivity (Wildman–Crippen MR) is 108 cm³/mol. The summed E-state index contributed by atoms with van der Waals surface area (Å²) in [6.07, 6.45) is 5.57. The van der Waals surface area contributed by atoms with E-state index in [-0.39, 0.29) is 11.7 Å². The number of H-pyrrole nitrogens is 1. The van der Waals surface area contributed by atoms with Gasteiger partial charge in [-0.3, -0.25) is 9.89 Å². The molecule has 0 atom stereocenters. The van der Waals surface area contributed by atoms with Gasteiger partial charge in [-0.05, 0) is 31.0 Å². The molecule has 0 unspecified atom stereocenters. The highest BCUT2D eigenvalue weighted by molar-refractivity contribution is 7.99. The van der Waals surface area contributed by atoms with Crippen LogP contribution in [0.1, 0.15) is 38.5 Å². The van der Waals surface area contributed by atoms with Crippen LogP contribution in [0, 0.1) is 11.3 Å². The fourth-order valence-electron chi connectivity index (χ4n) is 3.33. The summed E-state index contributed by atoms with van der Waals surface area (Å²) < 4.78 is 5.33. The summed E-state index contributed by atoms with van der Waals surface area (Å²) in [7, 11) is 1.57. The molecule has 1 heterocycles. The smallest absolute Gasteiger partial charge is 0.231 e. The second-order valence-corrected chi connectivity index (χ2v) is 8.14. The Morgan fingerprint density at radius 2 is 2.14 bits per heavy atom. The molecule has 2 aromatic rings. The summed E-state index contributed by atoms with van der Waals surface area (Å²) >= 11 is 7.28. The van der Waals surface area contributed by atoms with Gasteiger partial charge in [-0.1, -0.05) is 49.0 Å². The first-order valence-corrected chi connectivity index (χ1v) is 10.5. The van der Waals surface area contributed by atoms with Gasteiger partial charge in [0.2, 0.25) is 11.1 Å². The van der Waals surface area contributed by atoms with E-state index >= 15 is 0 Å². The van der Waals surface area contributed by atoms with Gasteiger partial charge in [-0.2, -0.15) is 5.26 Å². The third-order valence-corrected chi connectivity index (χ3v) is 5.85. The summed E-state index contributed by atoms with van der Waals surface area (Å²) in [5.41, 5.74) is -0.0485. The second-order valence-electron chi connectivity index (χ2n) is 6.76. The first-order chi connectivity index (χ1) is 13.5. The molecular formula is C19H22ClN5O2S. The summed E-state index contributed by atoms with van der Waals surface area (Å²) in [6, 6.07) is 7.56. The molecule has 0 aliphatic heterocycles. The first kappa shape index (κ1) is 20.5. The number of hydrogen-bond acceptors (Lipinski definition) is 6. The molecule has 148 valence electrons. The number of hydrogen-bond donors (Lipinski definition) is 2. The minimum Gasteiger partial charge on any atom is -0.496 e. The van der Waals surface area contributed by atoms with Gasteiger partial charge in [-0.25, -0.2) is 4.98 Å². The molecule has 9 heteroatoms. The number of thioether (sulfide) groups is 1. The van der Waals surface area contributed by atoms with Crippen LogP contribution in [0.5, 0.6) is 5.75 Å². The van der Waals surface area contributed by atoms with Crippen LogP contribution in [0.4, 0.5) is 0 Å². The van der Waals surface area contributed by atoms with Crippen molar-refractivity contribution in [2.75, 3.05) is 12.9 Å². The SMILES string of the molecule is COc1ccc(Cl)cc1-c1nc(SCC(=O)NC2(C#N)CCCCCC2)n[nH]1. The molecular weight excluding hydrogens is 398 g/mol. The van der Waals surface area contributed by atoms with E-state index in [0.29, 0.717) is 40.2 Å². The minimum absolute atomic E-state index is 0.146. The molecule has 1 amide bonds. The van der Waals surface area contributed by atoms with E-state index in [1.165, 1.54) is 11.8 Å². The molecule has 3 rings (SSSR count). The van der Waals surface area contributed by atoms with Gasteiger partial charge in [0.1, 0.15) is 11.3 Å². The van der Waals surface area contributed by atoms with E-state index in [9.17, 15) is 10.1 Å². The lowest BCUT2D eigenvalue weighted by Gasteiger charge is -2.26. The Morgan fingerprint density at radius 3 is 2.82 bits per heavy atom. The van der Waals surface area contributed by atoms with Gasteiger partial charge in [0.25, 0.3) is 0 Å². The number of nitrogens with one attached hydrogen (secondary N) is 2. The van der Waals surface area contributed by atoms with Gasteiger partial charge >= 0.3 is 0 Å². The molecule has 0 radical (unpaired) electrons. The highest BCUT2D eigenvalue weighted by Gasteiger charge is 2.32. The zero-order valence-electron chi connectivity index (χ0n) is 15.6. The standard InChI is InChI=1S/C19H22ClN5O2S/c1-27-15-7-6-13(20)10-14(15)17-22-18(25-24-17)28-11-16(26)23-19(12-21)8-4-2-3-5-9-19/h6-7,10H,2-5,8-9,11H2,1H3,(H,23,26)(H,22,24,25). The number of halogens is 1. The van der Waals surface area contributed by atoms with Gasteiger partial charge in [0.15, 0.2) is 5.82 Å². The lowest BCUT2D eigenvalue weighted by Crippen LogP contribution is -2.47. The molecule has 1 fully saturated rings. The highest BCUT2D eigenvalue weighted by atomic mass is 35.5. The predicted octanol–water partition coefficient (Wildman–Crippen LogP) is 3.96. The molecule has 1 aromatic heterocycles. The Bertz CT molecular complexity index is 871. The van der Waals surface area contributed by atoms with Crippen molar-refractivity contribution in [1.29, 1.82) is 5.26 Å². The molecule has 1 saturated carbocycles. The number of benzene rings is 1. The third kappa shape index (κ3) is 4.97. The number of aromatic nitrogens is 3. The zero-order chi connectivity index (χ0) is 20.0. The monoisotopic (exact) mass is 419 g/mol. The van der Waals surface area contributed by atoms with Crippen LogP contribution in [0.15, 0.2) is 23.4 Å². The average Bonchev–Trinajstić information content (AvgIpc) is 3.05. The molecule has 1 aliphatic carbocycles. The molecule has 0 spiro atoms. The quantitative estimate of drug-likeness (QED) is 0.542. The van der Waals surface area contributed by atoms with Crippen LogP contribution in [0.25, 0.3) is 11.4 Å². The molecule has 1 aromatic carbocycles. The molecule has 0 bridgehead atoms. The van der Waals surface area contributed by atoms with Crippen molar-refractivity contribution in [2.24, 2.45) is 0 Å². The number of nitriles is 1. The number of amides is 1. The number of nitrogens with zero attached hydrogens (tertiary/aromatic N) is 3. The third-order valence-electron chi connectivity index (χ3n) is 4.76. The first-order valence-electron chi connectivity index (χ1n) is 9.17. The van der Waals surface area contributed by atoms with Crippen molar-refractivity contribution in [3.05, 3.63) is 23.2 Å². The largest absolute Gasteiger partial charge is 0.496 e. The maximum absolute atomic E-state index is 12.4. The molecule has 7 nitrogen and oxygen atoms in total. The highest BCUT2D eigenvalue weighted by Crippen LogP contribution is 2.31. The average molecular weight is 420 g/mol. The zero-order valence-corrected chi connectivity index (χ0v) is 17.2. The van der Waals surface area contributed by atoms with Crippen molar-refractivity contribution in [1.82, 2.24) is 20.5 Å².